The van der Waals surface area contributed by atoms with E-state index in [0.29, 0.717) is 12.2 Å². The van der Waals surface area contributed by atoms with Crippen molar-refractivity contribution in [2.45, 2.75) is 74.7 Å². The van der Waals surface area contributed by atoms with Crippen LogP contribution in [0.5, 0.6) is 11.5 Å². The van der Waals surface area contributed by atoms with Crippen LogP contribution in [0.15, 0.2) is 12.1 Å². The molecule has 1 saturated heterocycles. The van der Waals surface area contributed by atoms with Crippen LogP contribution in [0.25, 0.3) is 0 Å². The van der Waals surface area contributed by atoms with Crippen molar-refractivity contribution < 1.29 is 19.7 Å². The predicted octanol–water partition coefficient (Wildman–Crippen LogP) is 1.80. The standard InChI is InChI=1S/C23H30N2O4/c1-13(26)24(2)16-7-8-23(28)18-11-15-5-6-17(27)20-19(15)22(23,21(16)29-20)9-10-25(18)12-14-3-4-14/h5-6,14,16,18,21,27-28H,3-4,7-12H2,1-2H3/t16-,18+,21-,22?,23+/m0/s1. The van der Waals surface area contributed by atoms with E-state index in [-0.39, 0.29) is 29.8 Å². The zero-order valence-electron chi connectivity index (χ0n) is 17.2. The highest BCUT2D eigenvalue weighted by molar-refractivity contribution is 5.74. The van der Waals surface area contributed by atoms with Gasteiger partial charge >= 0.3 is 0 Å². The molecule has 5 atom stereocenters. The van der Waals surface area contributed by atoms with Crippen LogP contribution in [0, 0.1) is 5.92 Å². The molecular weight excluding hydrogens is 368 g/mol. The molecule has 2 N–H and O–H groups in total. The Morgan fingerprint density at radius 2 is 2.10 bits per heavy atom. The van der Waals surface area contributed by atoms with Crippen LogP contribution >= 0.6 is 0 Å². The van der Waals surface area contributed by atoms with Crippen molar-refractivity contribution in [3.63, 3.8) is 0 Å². The zero-order chi connectivity index (χ0) is 20.1. The molecule has 1 amide bonds. The van der Waals surface area contributed by atoms with Crippen molar-refractivity contribution in [2.24, 2.45) is 5.92 Å². The monoisotopic (exact) mass is 398 g/mol. The van der Waals surface area contributed by atoms with Gasteiger partial charge in [-0.05, 0) is 62.6 Å². The van der Waals surface area contributed by atoms with E-state index in [2.05, 4.69) is 4.90 Å². The molecule has 6 nitrogen and oxygen atoms in total. The summed E-state index contributed by atoms with van der Waals surface area (Å²) >= 11 is 0. The number of piperidine rings is 1. The number of benzene rings is 1. The van der Waals surface area contributed by atoms with Gasteiger partial charge in [0.2, 0.25) is 5.91 Å². The van der Waals surface area contributed by atoms with Gasteiger partial charge in [0.05, 0.1) is 17.1 Å². The van der Waals surface area contributed by atoms with Crippen LogP contribution < -0.4 is 4.74 Å². The minimum Gasteiger partial charge on any atom is -0.504 e. The Labute approximate surface area is 171 Å². The third-order valence-corrected chi connectivity index (χ3v) is 8.73. The Morgan fingerprint density at radius 1 is 1.31 bits per heavy atom. The molecule has 1 aromatic rings. The Kier molecular flexibility index (Phi) is 3.52. The maximum absolute atomic E-state index is 12.3. The number of phenolic OH excluding ortho intramolecular Hbond substituents is 1. The van der Waals surface area contributed by atoms with E-state index in [1.807, 2.05) is 13.1 Å². The number of likely N-dealkylation sites (tertiary alicyclic amines) is 1. The summed E-state index contributed by atoms with van der Waals surface area (Å²) in [6.07, 6.45) is 5.28. The highest BCUT2D eigenvalue weighted by Crippen LogP contribution is 2.65. The normalized spacial score (nSPS) is 39.6. The average Bonchev–Trinajstić information content (AvgIpc) is 3.42. The van der Waals surface area contributed by atoms with Crippen molar-refractivity contribution >= 4 is 5.91 Å². The first-order valence-corrected chi connectivity index (χ1v) is 11.1. The van der Waals surface area contributed by atoms with Crippen molar-refractivity contribution in [1.29, 1.82) is 0 Å². The number of rotatable bonds is 3. The second-order valence-corrected chi connectivity index (χ2v) is 10.0. The number of aromatic hydroxyl groups is 1. The number of hydrogen-bond donors (Lipinski definition) is 2. The number of ether oxygens (including phenoxy) is 1. The van der Waals surface area contributed by atoms with Crippen molar-refractivity contribution in [2.75, 3.05) is 20.1 Å². The molecule has 1 spiro atoms. The third-order valence-electron chi connectivity index (χ3n) is 8.73. The van der Waals surface area contributed by atoms with E-state index < -0.39 is 11.0 Å². The van der Waals surface area contributed by atoms with Gasteiger partial charge in [0.15, 0.2) is 11.5 Å². The van der Waals surface area contributed by atoms with Crippen molar-refractivity contribution in [1.82, 2.24) is 9.80 Å². The molecule has 3 aliphatic carbocycles. The molecule has 156 valence electrons. The summed E-state index contributed by atoms with van der Waals surface area (Å²) in [6.45, 7) is 3.60. The molecule has 5 aliphatic rings. The number of amides is 1. The summed E-state index contributed by atoms with van der Waals surface area (Å²) in [7, 11) is 1.84. The number of phenols is 1. The highest BCUT2D eigenvalue weighted by Gasteiger charge is 2.73. The minimum absolute atomic E-state index is 0.0133. The first-order chi connectivity index (χ1) is 13.9. The molecular formula is C23H30N2O4. The van der Waals surface area contributed by atoms with Crippen LogP contribution in [0.2, 0.25) is 0 Å². The van der Waals surface area contributed by atoms with Crippen molar-refractivity contribution in [3.8, 4) is 11.5 Å². The Hall–Kier alpha value is -1.79. The van der Waals surface area contributed by atoms with Crippen LogP contribution in [0.3, 0.4) is 0 Å². The number of carbonyl (C=O) groups excluding carboxylic acids is 1. The second-order valence-electron chi connectivity index (χ2n) is 10.0. The molecule has 6 rings (SSSR count). The zero-order valence-corrected chi connectivity index (χ0v) is 17.2. The summed E-state index contributed by atoms with van der Waals surface area (Å²) in [4.78, 5) is 16.5. The number of nitrogens with zero attached hydrogens (tertiary/aromatic N) is 2. The number of aliphatic hydroxyl groups is 1. The van der Waals surface area contributed by atoms with Crippen LogP contribution in [-0.2, 0) is 16.6 Å². The first kappa shape index (κ1) is 18.0. The van der Waals surface area contributed by atoms with Crippen LogP contribution in [0.1, 0.15) is 50.2 Å². The fraction of sp³-hybridized carbons (Fsp3) is 0.696. The number of carbonyl (C=O) groups is 1. The summed E-state index contributed by atoms with van der Waals surface area (Å²) in [5, 5.41) is 22.9. The first-order valence-electron chi connectivity index (χ1n) is 11.1. The Bertz CT molecular complexity index is 899. The summed E-state index contributed by atoms with van der Waals surface area (Å²) in [5.74, 6) is 1.49. The molecule has 2 bridgehead atoms. The SMILES string of the molecule is CC(=O)N(C)[C@H]1CC[C@@]2(O)[C@H]3Cc4ccc(O)c5c4C2(CCN3CC2CC2)[C@H]1O5. The maximum Gasteiger partial charge on any atom is 0.219 e. The highest BCUT2D eigenvalue weighted by atomic mass is 16.5. The molecule has 2 heterocycles. The van der Waals surface area contributed by atoms with Gasteiger partial charge in [0, 0.05) is 32.1 Å². The third kappa shape index (κ3) is 2.12. The van der Waals surface area contributed by atoms with Gasteiger partial charge < -0.3 is 19.8 Å². The molecule has 3 fully saturated rings. The fourth-order valence-electron chi connectivity index (χ4n) is 7.09. The lowest BCUT2D eigenvalue weighted by molar-refractivity contribution is -0.200. The number of hydrogen-bond acceptors (Lipinski definition) is 5. The summed E-state index contributed by atoms with van der Waals surface area (Å²) in [5.41, 5.74) is 0.785. The van der Waals surface area contributed by atoms with Crippen LogP contribution in [-0.4, -0.2) is 69.8 Å². The molecule has 0 aromatic heterocycles. The average molecular weight is 399 g/mol. The van der Waals surface area contributed by atoms with Gasteiger partial charge in [-0.15, -0.1) is 0 Å². The predicted molar refractivity (Wildman–Crippen MR) is 107 cm³/mol. The smallest absolute Gasteiger partial charge is 0.219 e. The van der Waals surface area contributed by atoms with Gasteiger partial charge in [-0.25, -0.2) is 0 Å². The topological polar surface area (TPSA) is 73.2 Å². The quantitative estimate of drug-likeness (QED) is 0.812. The second kappa shape index (κ2) is 5.67. The van der Waals surface area contributed by atoms with Crippen molar-refractivity contribution in [3.05, 3.63) is 23.3 Å². The molecule has 2 saturated carbocycles. The Morgan fingerprint density at radius 3 is 2.83 bits per heavy atom. The molecule has 0 radical (unpaired) electrons. The molecule has 1 unspecified atom stereocenters. The molecule has 1 aromatic carbocycles. The van der Waals surface area contributed by atoms with E-state index in [9.17, 15) is 15.0 Å². The lowest BCUT2D eigenvalue weighted by Gasteiger charge is -2.64. The Balaban J connectivity index is 1.52. The van der Waals surface area contributed by atoms with E-state index in [1.54, 1.807) is 17.9 Å². The van der Waals surface area contributed by atoms with Gasteiger partial charge in [0.25, 0.3) is 0 Å². The van der Waals surface area contributed by atoms with Gasteiger partial charge in [0.1, 0.15) is 6.10 Å². The molecule has 2 aliphatic heterocycles. The van der Waals surface area contributed by atoms with Gasteiger partial charge in [-0.2, -0.15) is 0 Å². The van der Waals surface area contributed by atoms with E-state index in [0.717, 1.165) is 43.8 Å². The largest absolute Gasteiger partial charge is 0.504 e. The summed E-state index contributed by atoms with van der Waals surface area (Å²) < 4.78 is 6.46. The van der Waals surface area contributed by atoms with E-state index >= 15 is 0 Å². The van der Waals surface area contributed by atoms with Crippen LogP contribution in [0.4, 0.5) is 0 Å². The van der Waals surface area contributed by atoms with Gasteiger partial charge in [-0.1, -0.05) is 6.07 Å². The van der Waals surface area contributed by atoms with Gasteiger partial charge in [-0.3, -0.25) is 9.69 Å². The maximum atomic E-state index is 12.3. The van der Waals surface area contributed by atoms with E-state index in [1.165, 1.54) is 18.4 Å². The fourth-order valence-corrected chi connectivity index (χ4v) is 7.09. The lowest BCUT2D eigenvalue weighted by Crippen LogP contribution is -2.78. The van der Waals surface area contributed by atoms with E-state index in [4.69, 9.17) is 4.74 Å². The minimum atomic E-state index is -0.884. The summed E-state index contributed by atoms with van der Waals surface area (Å²) in [6, 6.07) is 3.74. The molecule has 29 heavy (non-hydrogen) atoms. The number of likely N-dealkylation sites (N-methyl/N-ethyl adjacent to an activating group) is 1. The molecule has 6 heteroatoms. The lowest BCUT2D eigenvalue weighted by atomic mass is 9.48.